The first-order chi connectivity index (χ1) is 8.65. The van der Waals surface area contributed by atoms with Crippen LogP contribution in [-0.2, 0) is 17.9 Å². The molecule has 0 radical (unpaired) electrons. The number of carbonyl (C=O) groups excluding carboxylic acids is 1. The van der Waals surface area contributed by atoms with Crippen molar-refractivity contribution in [3.8, 4) is 0 Å². The molecule has 0 unspecified atom stereocenters. The van der Waals surface area contributed by atoms with Gasteiger partial charge in [-0.05, 0) is 28.1 Å². The van der Waals surface area contributed by atoms with Gasteiger partial charge in [-0.2, -0.15) is 0 Å². The highest BCUT2D eigenvalue weighted by atomic mass is 19.1. The predicted octanol–water partition coefficient (Wildman–Crippen LogP) is 0.471. The molecule has 0 saturated carbocycles. The lowest BCUT2D eigenvalue weighted by Crippen LogP contribution is -2.30. The van der Waals surface area contributed by atoms with E-state index in [-0.39, 0.29) is 18.3 Å². The van der Waals surface area contributed by atoms with Crippen LogP contribution in [0.5, 0.6) is 0 Å². The van der Waals surface area contributed by atoms with Crippen LogP contribution in [-0.4, -0.2) is 38.1 Å². The Morgan fingerprint density at radius 1 is 1.39 bits per heavy atom. The summed E-state index contributed by atoms with van der Waals surface area (Å²) < 4.78 is 14.1. The first-order valence-electron chi connectivity index (χ1n) is 5.34. The van der Waals surface area contributed by atoms with Gasteiger partial charge in [0.25, 0.3) is 0 Å². The predicted molar refractivity (Wildman–Crippen MR) is 60.7 cm³/mol. The summed E-state index contributed by atoms with van der Waals surface area (Å²) >= 11 is 0. The molecule has 0 spiro atoms. The van der Waals surface area contributed by atoms with Crippen LogP contribution in [0.25, 0.3) is 0 Å². The summed E-state index contributed by atoms with van der Waals surface area (Å²) in [6, 6.07) is 6.04. The normalized spacial score (nSPS) is 10.3. The summed E-state index contributed by atoms with van der Waals surface area (Å²) in [6.07, 6.45) is 1.38. The lowest BCUT2D eigenvalue weighted by Gasteiger charge is -2.16. The van der Waals surface area contributed by atoms with Gasteiger partial charge in [0.2, 0.25) is 5.91 Å². The first kappa shape index (κ1) is 12.2. The number of rotatable bonds is 4. The Labute approximate surface area is 103 Å². The van der Waals surface area contributed by atoms with Crippen LogP contribution in [0.4, 0.5) is 4.39 Å². The maximum atomic E-state index is 12.7. The summed E-state index contributed by atoms with van der Waals surface area (Å²) in [6.45, 7) is 0.506. The lowest BCUT2D eigenvalue weighted by molar-refractivity contribution is -0.131. The van der Waals surface area contributed by atoms with E-state index in [1.54, 1.807) is 19.2 Å². The number of hydrogen-bond acceptors (Lipinski definition) is 4. The third kappa shape index (κ3) is 3.09. The molecule has 0 N–H and O–H groups in total. The van der Waals surface area contributed by atoms with E-state index in [4.69, 9.17) is 0 Å². The largest absolute Gasteiger partial charge is 0.340 e. The Morgan fingerprint density at radius 3 is 2.72 bits per heavy atom. The maximum Gasteiger partial charge on any atom is 0.244 e. The Bertz CT molecular complexity index is 511. The van der Waals surface area contributed by atoms with Gasteiger partial charge in [0.05, 0.1) is 0 Å². The molecule has 94 valence electrons. The fraction of sp³-hybridized carbons (Fsp3) is 0.273. The molecule has 0 aliphatic carbocycles. The third-order valence-corrected chi connectivity index (χ3v) is 2.45. The van der Waals surface area contributed by atoms with Gasteiger partial charge in [-0.15, -0.1) is 5.10 Å². The van der Waals surface area contributed by atoms with E-state index in [1.807, 2.05) is 0 Å². The van der Waals surface area contributed by atoms with E-state index in [0.29, 0.717) is 6.54 Å². The van der Waals surface area contributed by atoms with Gasteiger partial charge in [0, 0.05) is 13.6 Å². The quantitative estimate of drug-likeness (QED) is 0.790. The standard InChI is InChI=1S/C11H12FN5O/c1-16(6-9-2-4-10(12)5-3-9)11(18)7-17-8-13-14-15-17/h2-5,8H,6-7H2,1H3. The molecule has 18 heavy (non-hydrogen) atoms. The van der Waals surface area contributed by atoms with Crippen LogP contribution in [0.15, 0.2) is 30.6 Å². The number of halogens is 1. The fourth-order valence-corrected chi connectivity index (χ4v) is 1.46. The van der Waals surface area contributed by atoms with E-state index in [2.05, 4.69) is 15.5 Å². The summed E-state index contributed by atoms with van der Waals surface area (Å²) in [5, 5.41) is 10.5. The minimum Gasteiger partial charge on any atom is -0.340 e. The molecule has 0 bridgehead atoms. The van der Waals surface area contributed by atoms with Crippen molar-refractivity contribution in [3.63, 3.8) is 0 Å². The molecular weight excluding hydrogens is 237 g/mol. The molecule has 0 aliphatic rings. The Morgan fingerprint density at radius 2 is 2.11 bits per heavy atom. The monoisotopic (exact) mass is 249 g/mol. The Hall–Kier alpha value is -2.31. The zero-order valence-electron chi connectivity index (χ0n) is 9.82. The highest BCUT2D eigenvalue weighted by Gasteiger charge is 2.10. The lowest BCUT2D eigenvalue weighted by atomic mass is 10.2. The number of carbonyl (C=O) groups is 1. The topological polar surface area (TPSA) is 63.9 Å². The van der Waals surface area contributed by atoms with E-state index in [0.717, 1.165) is 5.56 Å². The molecule has 1 heterocycles. The Kier molecular flexibility index (Phi) is 3.61. The number of likely N-dealkylation sites (N-methyl/N-ethyl adjacent to an activating group) is 1. The average Bonchev–Trinajstić information content (AvgIpc) is 2.85. The molecular formula is C11H12FN5O. The number of aromatic nitrogens is 4. The molecule has 7 heteroatoms. The van der Waals surface area contributed by atoms with Crippen LogP contribution < -0.4 is 0 Å². The molecule has 2 aromatic rings. The van der Waals surface area contributed by atoms with Crippen molar-refractivity contribution in [2.45, 2.75) is 13.1 Å². The van der Waals surface area contributed by atoms with Crippen LogP contribution in [0, 0.1) is 5.82 Å². The third-order valence-electron chi connectivity index (χ3n) is 2.45. The number of hydrogen-bond donors (Lipinski definition) is 0. The SMILES string of the molecule is CN(Cc1ccc(F)cc1)C(=O)Cn1cnnn1. The van der Waals surface area contributed by atoms with Crippen molar-refractivity contribution >= 4 is 5.91 Å². The van der Waals surface area contributed by atoms with Crippen molar-refractivity contribution in [3.05, 3.63) is 42.0 Å². The van der Waals surface area contributed by atoms with Crippen LogP contribution in [0.3, 0.4) is 0 Å². The van der Waals surface area contributed by atoms with E-state index < -0.39 is 0 Å². The fourth-order valence-electron chi connectivity index (χ4n) is 1.46. The van der Waals surface area contributed by atoms with Crippen LogP contribution in [0.1, 0.15) is 5.56 Å². The van der Waals surface area contributed by atoms with Crippen molar-refractivity contribution in [1.29, 1.82) is 0 Å². The molecule has 1 amide bonds. The summed E-state index contributed by atoms with van der Waals surface area (Å²) in [4.78, 5) is 13.4. The van der Waals surface area contributed by atoms with Gasteiger partial charge in [-0.1, -0.05) is 12.1 Å². The van der Waals surface area contributed by atoms with Gasteiger partial charge >= 0.3 is 0 Å². The van der Waals surface area contributed by atoms with E-state index in [1.165, 1.54) is 28.0 Å². The number of amides is 1. The second kappa shape index (κ2) is 5.35. The van der Waals surface area contributed by atoms with Crippen LogP contribution in [0.2, 0.25) is 0 Å². The van der Waals surface area contributed by atoms with Gasteiger partial charge in [0.1, 0.15) is 18.7 Å². The molecule has 6 nitrogen and oxygen atoms in total. The number of benzene rings is 1. The number of tetrazole rings is 1. The molecule has 1 aromatic carbocycles. The highest BCUT2D eigenvalue weighted by molar-refractivity contribution is 5.75. The summed E-state index contributed by atoms with van der Waals surface area (Å²) in [7, 11) is 1.68. The number of nitrogens with zero attached hydrogens (tertiary/aromatic N) is 5. The van der Waals surface area contributed by atoms with Crippen LogP contribution >= 0.6 is 0 Å². The zero-order valence-corrected chi connectivity index (χ0v) is 9.82. The molecule has 0 atom stereocenters. The van der Waals surface area contributed by atoms with Gasteiger partial charge in [-0.3, -0.25) is 4.79 Å². The second-order valence-corrected chi connectivity index (χ2v) is 3.88. The van der Waals surface area contributed by atoms with Crippen molar-refractivity contribution in [2.24, 2.45) is 0 Å². The minimum absolute atomic E-state index is 0.0880. The molecule has 0 saturated heterocycles. The minimum atomic E-state index is -0.290. The van der Waals surface area contributed by atoms with Gasteiger partial charge in [-0.25, -0.2) is 9.07 Å². The average molecular weight is 249 g/mol. The second-order valence-electron chi connectivity index (χ2n) is 3.88. The Balaban J connectivity index is 1.93. The smallest absolute Gasteiger partial charge is 0.244 e. The molecule has 0 fully saturated rings. The molecule has 1 aromatic heterocycles. The van der Waals surface area contributed by atoms with Crippen molar-refractivity contribution in [2.75, 3.05) is 7.05 Å². The van der Waals surface area contributed by atoms with Crippen molar-refractivity contribution < 1.29 is 9.18 Å². The van der Waals surface area contributed by atoms with E-state index >= 15 is 0 Å². The van der Waals surface area contributed by atoms with Gasteiger partial charge < -0.3 is 4.90 Å². The summed E-state index contributed by atoms with van der Waals surface area (Å²) in [5.74, 6) is -0.409. The molecule has 0 aliphatic heterocycles. The zero-order chi connectivity index (χ0) is 13.0. The van der Waals surface area contributed by atoms with E-state index in [9.17, 15) is 9.18 Å². The van der Waals surface area contributed by atoms with Gasteiger partial charge in [0.15, 0.2) is 0 Å². The highest BCUT2D eigenvalue weighted by Crippen LogP contribution is 2.05. The first-order valence-corrected chi connectivity index (χ1v) is 5.34. The van der Waals surface area contributed by atoms with Crippen molar-refractivity contribution in [1.82, 2.24) is 25.1 Å². The summed E-state index contributed by atoms with van der Waals surface area (Å²) in [5.41, 5.74) is 0.865. The molecule has 2 rings (SSSR count). The maximum absolute atomic E-state index is 12.7.